The number of hydrogen-bond acceptors (Lipinski definition) is 1. The van der Waals surface area contributed by atoms with Gasteiger partial charge in [-0.2, -0.15) is 0 Å². The smallest absolute Gasteiger partial charge is 0.234 e. The fraction of sp³-hybridized carbons (Fsp3) is 0.533. The molecule has 0 saturated heterocycles. The molecule has 1 aliphatic heterocycles. The van der Waals surface area contributed by atoms with E-state index in [1.807, 2.05) is 26.0 Å². The Bertz CT molecular complexity index is 505. The first-order valence-electron chi connectivity index (χ1n) is 6.58. The zero-order valence-corrected chi connectivity index (χ0v) is 11.6. The average molecular weight is 264 g/mol. The van der Waals surface area contributed by atoms with E-state index in [2.05, 4.69) is 11.4 Å². The molecular formula is C15H18ClNO. The predicted molar refractivity (Wildman–Crippen MR) is 74.0 cm³/mol. The largest absolute Gasteiger partial charge is 0.325 e. The number of carbonyl (C=O) groups excluding carboxylic acids is 1. The molecule has 1 aliphatic carbocycles. The molecule has 2 aliphatic rings. The summed E-state index contributed by atoms with van der Waals surface area (Å²) in [5, 5.41) is 3.00. The van der Waals surface area contributed by atoms with E-state index >= 15 is 0 Å². The first kappa shape index (κ1) is 12.0. The van der Waals surface area contributed by atoms with Gasteiger partial charge < -0.3 is 5.32 Å². The Morgan fingerprint density at radius 2 is 2.17 bits per heavy atom. The molecule has 1 saturated carbocycles. The topological polar surface area (TPSA) is 29.1 Å². The maximum atomic E-state index is 11.9. The van der Waals surface area contributed by atoms with Crippen LogP contribution in [-0.4, -0.2) is 5.91 Å². The minimum atomic E-state index is -0.443. The summed E-state index contributed by atoms with van der Waals surface area (Å²) in [7, 11) is 0. The van der Waals surface area contributed by atoms with E-state index in [-0.39, 0.29) is 11.3 Å². The van der Waals surface area contributed by atoms with Crippen molar-refractivity contribution < 1.29 is 4.79 Å². The van der Waals surface area contributed by atoms with Crippen LogP contribution in [0.1, 0.15) is 49.6 Å². The number of hydrogen-bond donors (Lipinski definition) is 1. The molecule has 0 radical (unpaired) electrons. The summed E-state index contributed by atoms with van der Waals surface area (Å²) in [4.78, 5) is 11.9. The molecule has 1 unspecified atom stereocenters. The Kier molecular flexibility index (Phi) is 2.67. The first-order valence-corrected chi connectivity index (χ1v) is 7.02. The average Bonchev–Trinajstić information content (AvgIpc) is 3.09. The summed E-state index contributed by atoms with van der Waals surface area (Å²) >= 11 is 6.47. The summed E-state index contributed by atoms with van der Waals surface area (Å²) < 4.78 is 0. The molecule has 1 N–H and O–H groups in total. The molecular weight excluding hydrogens is 246 g/mol. The third-order valence-electron chi connectivity index (χ3n) is 4.13. The van der Waals surface area contributed by atoms with Crippen LogP contribution < -0.4 is 5.32 Å². The van der Waals surface area contributed by atoms with Crippen LogP contribution >= 0.6 is 11.6 Å². The highest BCUT2D eigenvalue weighted by atomic mass is 35.5. The second-order valence-corrected chi connectivity index (χ2v) is 6.56. The number of halogens is 1. The summed E-state index contributed by atoms with van der Waals surface area (Å²) in [5.74, 6) is 0.886. The molecule has 2 nitrogen and oxygen atoms in total. The second-order valence-electron chi connectivity index (χ2n) is 6.03. The monoisotopic (exact) mass is 263 g/mol. The van der Waals surface area contributed by atoms with E-state index in [0.717, 1.165) is 29.2 Å². The van der Waals surface area contributed by atoms with Crippen molar-refractivity contribution in [1.29, 1.82) is 0 Å². The van der Waals surface area contributed by atoms with Crippen LogP contribution in [0.2, 0.25) is 0 Å². The van der Waals surface area contributed by atoms with Crippen molar-refractivity contribution in [3.05, 3.63) is 29.3 Å². The summed E-state index contributed by atoms with van der Waals surface area (Å²) in [6.45, 7) is 3.92. The lowest BCUT2D eigenvalue weighted by molar-refractivity contribution is -0.119. The molecule has 1 aromatic rings. The van der Waals surface area contributed by atoms with Gasteiger partial charge in [0.15, 0.2) is 0 Å². The fourth-order valence-corrected chi connectivity index (χ4v) is 2.95. The lowest BCUT2D eigenvalue weighted by Gasteiger charge is -2.17. The Hall–Kier alpha value is -1.02. The molecule has 96 valence electrons. The first-order chi connectivity index (χ1) is 8.48. The molecule has 1 heterocycles. The second kappa shape index (κ2) is 3.99. The van der Waals surface area contributed by atoms with E-state index < -0.39 is 5.41 Å². The highest BCUT2D eigenvalue weighted by Crippen LogP contribution is 2.43. The Labute approximate surface area is 113 Å². The number of benzene rings is 1. The van der Waals surface area contributed by atoms with Crippen LogP contribution in [0.25, 0.3) is 0 Å². The standard InChI is InChI=1S/C15H18ClNO/c1-15(2)11-8-10(12(16)7-9-3-4-9)5-6-13(11)17-14(15)18/h5-6,8-9,12H,3-4,7H2,1-2H3,(H,17,18). The van der Waals surface area contributed by atoms with Gasteiger partial charge in [-0.3, -0.25) is 4.79 Å². The van der Waals surface area contributed by atoms with Crippen molar-refractivity contribution in [2.75, 3.05) is 5.32 Å². The zero-order chi connectivity index (χ0) is 12.9. The molecule has 3 heteroatoms. The Morgan fingerprint density at radius 1 is 1.44 bits per heavy atom. The molecule has 1 aromatic carbocycles. The number of nitrogens with one attached hydrogen (secondary N) is 1. The minimum absolute atomic E-state index is 0.0722. The van der Waals surface area contributed by atoms with Gasteiger partial charge in [0.1, 0.15) is 0 Å². The zero-order valence-electron chi connectivity index (χ0n) is 10.8. The van der Waals surface area contributed by atoms with Crippen LogP contribution in [0.4, 0.5) is 5.69 Å². The maximum Gasteiger partial charge on any atom is 0.234 e. The minimum Gasteiger partial charge on any atom is -0.325 e. The van der Waals surface area contributed by atoms with Gasteiger partial charge in [0, 0.05) is 5.69 Å². The van der Waals surface area contributed by atoms with E-state index in [1.54, 1.807) is 0 Å². The third kappa shape index (κ3) is 1.93. The molecule has 0 bridgehead atoms. The van der Waals surface area contributed by atoms with Crippen LogP contribution in [0, 0.1) is 5.92 Å². The van der Waals surface area contributed by atoms with Crippen LogP contribution in [0.3, 0.4) is 0 Å². The van der Waals surface area contributed by atoms with Gasteiger partial charge in [0.05, 0.1) is 10.8 Å². The lowest BCUT2D eigenvalue weighted by atomic mass is 9.85. The summed E-state index contributed by atoms with van der Waals surface area (Å²) in [5.41, 5.74) is 2.71. The number of anilines is 1. The van der Waals surface area contributed by atoms with Crippen molar-refractivity contribution in [3.8, 4) is 0 Å². The molecule has 1 amide bonds. The van der Waals surface area contributed by atoms with Crippen LogP contribution in [0.5, 0.6) is 0 Å². The number of alkyl halides is 1. The Balaban J connectivity index is 1.91. The lowest BCUT2D eigenvalue weighted by Crippen LogP contribution is -2.26. The fourth-order valence-electron chi connectivity index (χ4n) is 2.57. The Morgan fingerprint density at radius 3 is 2.83 bits per heavy atom. The van der Waals surface area contributed by atoms with Gasteiger partial charge in [0.2, 0.25) is 5.91 Å². The highest BCUT2D eigenvalue weighted by Gasteiger charge is 2.38. The predicted octanol–water partition coefficient (Wildman–Crippen LogP) is 4.00. The summed E-state index contributed by atoms with van der Waals surface area (Å²) in [6, 6.07) is 6.13. The van der Waals surface area contributed by atoms with Gasteiger partial charge in [0.25, 0.3) is 0 Å². The molecule has 1 atom stereocenters. The van der Waals surface area contributed by atoms with Crippen LogP contribution in [-0.2, 0) is 10.2 Å². The highest BCUT2D eigenvalue weighted by molar-refractivity contribution is 6.21. The van der Waals surface area contributed by atoms with Crippen molar-refractivity contribution >= 4 is 23.2 Å². The van der Waals surface area contributed by atoms with Gasteiger partial charge in [-0.05, 0) is 43.4 Å². The van der Waals surface area contributed by atoms with Gasteiger partial charge in [-0.25, -0.2) is 0 Å². The number of rotatable bonds is 3. The van der Waals surface area contributed by atoms with Gasteiger partial charge >= 0.3 is 0 Å². The van der Waals surface area contributed by atoms with E-state index in [4.69, 9.17) is 11.6 Å². The third-order valence-corrected chi connectivity index (χ3v) is 4.56. The molecule has 0 aromatic heterocycles. The quantitative estimate of drug-likeness (QED) is 0.821. The molecule has 1 fully saturated rings. The van der Waals surface area contributed by atoms with Crippen molar-refractivity contribution in [2.24, 2.45) is 5.92 Å². The van der Waals surface area contributed by atoms with Gasteiger partial charge in [-0.15, -0.1) is 11.6 Å². The van der Waals surface area contributed by atoms with Crippen molar-refractivity contribution in [2.45, 2.75) is 43.9 Å². The SMILES string of the molecule is CC1(C)C(=O)Nc2ccc(C(Cl)CC3CC3)cc21. The van der Waals surface area contributed by atoms with Gasteiger partial charge in [-0.1, -0.05) is 25.0 Å². The molecule has 18 heavy (non-hydrogen) atoms. The van der Waals surface area contributed by atoms with E-state index in [9.17, 15) is 4.79 Å². The molecule has 0 spiro atoms. The number of carbonyl (C=O) groups is 1. The van der Waals surface area contributed by atoms with Crippen molar-refractivity contribution in [1.82, 2.24) is 0 Å². The maximum absolute atomic E-state index is 11.9. The van der Waals surface area contributed by atoms with E-state index in [1.165, 1.54) is 12.8 Å². The van der Waals surface area contributed by atoms with Crippen LogP contribution in [0.15, 0.2) is 18.2 Å². The van der Waals surface area contributed by atoms with Crippen molar-refractivity contribution in [3.63, 3.8) is 0 Å². The number of fused-ring (bicyclic) bond motifs is 1. The summed E-state index contributed by atoms with van der Waals surface area (Å²) in [6.07, 6.45) is 3.70. The number of amides is 1. The van der Waals surface area contributed by atoms with E-state index in [0.29, 0.717) is 0 Å². The molecule has 3 rings (SSSR count). The normalized spacial score (nSPS) is 22.5.